The molecule has 1 fully saturated rings. The Hall–Kier alpha value is -0.330. The zero-order chi connectivity index (χ0) is 14.9. The SMILES string of the molecule is CCN(CC1CC1)S(=O)(=O)c1cc(Cl)cc(CO)c1Cl. The summed E-state index contributed by atoms with van der Waals surface area (Å²) in [6, 6.07) is 2.81. The molecule has 0 aliphatic heterocycles. The van der Waals surface area contributed by atoms with Gasteiger partial charge in [0.25, 0.3) is 0 Å². The van der Waals surface area contributed by atoms with E-state index in [0.29, 0.717) is 24.6 Å². The molecule has 1 aromatic rings. The van der Waals surface area contributed by atoms with Gasteiger partial charge in [-0.2, -0.15) is 4.31 Å². The van der Waals surface area contributed by atoms with E-state index in [1.54, 1.807) is 6.92 Å². The Bertz CT molecular complexity index is 600. The van der Waals surface area contributed by atoms with Crippen LogP contribution in [0, 0.1) is 5.92 Å². The van der Waals surface area contributed by atoms with Gasteiger partial charge in [-0.3, -0.25) is 0 Å². The van der Waals surface area contributed by atoms with Crippen LogP contribution >= 0.6 is 23.2 Å². The van der Waals surface area contributed by atoms with Gasteiger partial charge in [0.2, 0.25) is 10.0 Å². The summed E-state index contributed by atoms with van der Waals surface area (Å²) in [7, 11) is -3.69. The predicted molar refractivity (Wildman–Crippen MR) is 79.5 cm³/mol. The molecule has 0 saturated heterocycles. The highest BCUT2D eigenvalue weighted by Gasteiger charge is 2.32. The molecule has 0 aromatic heterocycles. The van der Waals surface area contributed by atoms with Crippen molar-refractivity contribution in [3.63, 3.8) is 0 Å². The summed E-state index contributed by atoms with van der Waals surface area (Å²) in [6.45, 7) is 2.34. The van der Waals surface area contributed by atoms with E-state index >= 15 is 0 Å². The number of aliphatic hydroxyl groups is 1. The van der Waals surface area contributed by atoms with E-state index in [9.17, 15) is 13.5 Å². The van der Waals surface area contributed by atoms with Crippen molar-refractivity contribution in [1.82, 2.24) is 4.31 Å². The van der Waals surface area contributed by atoms with Gasteiger partial charge in [0.15, 0.2) is 0 Å². The summed E-state index contributed by atoms with van der Waals surface area (Å²) < 4.78 is 26.8. The monoisotopic (exact) mass is 337 g/mol. The van der Waals surface area contributed by atoms with Crippen LogP contribution in [0.25, 0.3) is 0 Å². The lowest BCUT2D eigenvalue weighted by Crippen LogP contribution is -2.33. The van der Waals surface area contributed by atoms with Gasteiger partial charge in [0.05, 0.1) is 11.6 Å². The number of hydrogen-bond acceptors (Lipinski definition) is 3. The number of sulfonamides is 1. The van der Waals surface area contributed by atoms with E-state index in [1.165, 1.54) is 16.4 Å². The van der Waals surface area contributed by atoms with Gasteiger partial charge in [0, 0.05) is 18.1 Å². The average molecular weight is 338 g/mol. The average Bonchev–Trinajstić information content (AvgIpc) is 3.21. The second kappa shape index (κ2) is 6.20. The first kappa shape index (κ1) is 16.0. The molecular formula is C13H17Cl2NO3S. The molecule has 0 spiro atoms. The fourth-order valence-corrected chi connectivity index (χ4v) is 4.47. The van der Waals surface area contributed by atoms with E-state index in [0.717, 1.165) is 12.8 Å². The van der Waals surface area contributed by atoms with Gasteiger partial charge in [-0.1, -0.05) is 30.1 Å². The number of halogens is 2. The second-order valence-corrected chi connectivity index (χ2v) is 7.65. The molecule has 0 amide bonds. The maximum Gasteiger partial charge on any atom is 0.244 e. The van der Waals surface area contributed by atoms with E-state index < -0.39 is 10.0 Å². The van der Waals surface area contributed by atoms with Crippen molar-refractivity contribution < 1.29 is 13.5 Å². The summed E-state index contributed by atoms with van der Waals surface area (Å²) in [4.78, 5) is -0.0294. The molecule has 1 aromatic carbocycles. The highest BCUT2D eigenvalue weighted by Crippen LogP contribution is 2.35. The Balaban J connectivity index is 2.44. The fraction of sp³-hybridized carbons (Fsp3) is 0.538. The highest BCUT2D eigenvalue weighted by atomic mass is 35.5. The number of benzene rings is 1. The van der Waals surface area contributed by atoms with Crippen LogP contribution in [0.4, 0.5) is 0 Å². The van der Waals surface area contributed by atoms with Crippen molar-refractivity contribution in [2.45, 2.75) is 31.3 Å². The van der Waals surface area contributed by atoms with Crippen molar-refractivity contribution >= 4 is 33.2 Å². The van der Waals surface area contributed by atoms with Crippen LogP contribution in [-0.2, 0) is 16.6 Å². The van der Waals surface area contributed by atoms with E-state index in [2.05, 4.69) is 0 Å². The molecule has 1 N–H and O–H groups in total. The van der Waals surface area contributed by atoms with E-state index in [-0.39, 0.29) is 21.5 Å². The second-order valence-electron chi connectivity index (χ2n) is 4.93. The molecule has 1 saturated carbocycles. The molecule has 7 heteroatoms. The summed E-state index contributed by atoms with van der Waals surface area (Å²) in [6.07, 6.45) is 2.13. The van der Waals surface area contributed by atoms with Gasteiger partial charge in [-0.15, -0.1) is 0 Å². The van der Waals surface area contributed by atoms with Gasteiger partial charge >= 0.3 is 0 Å². The fourth-order valence-electron chi connectivity index (χ4n) is 2.05. The Kier molecular flexibility index (Phi) is 4.97. The van der Waals surface area contributed by atoms with Crippen LogP contribution in [0.3, 0.4) is 0 Å². The molecule has 0 heterocycles. The minimum absolute atomic E-state index is 0.0294. The normalized spacial score (nSPS) is 15.8. The molecule has 2 rings (SSSR count). The highest BCUT2D eigenvalue weighted by molar-refractivity contribution is 7.89. The third-order valence-electron chi connectivity index (χ3n) is 3.38. The van der Waals surface area contributed by atoms with Crippen LogP contribution in [0.15, 0.2) is 17.0 Å². The third kappa shape index (κ3) is 3.28. The predicted octanol–water partition coefficient (Wildman–Crippen LogP) is 2.91. The minimum Gasteiger partial charge on any atom is -0.392 e. The van der Waals surface area contributed by atoms with Gasteiger partial charge in [-0.25, -0.2) is 8.42 Å². The van der Waals surface area contributed by atoms with Crippen molar-refractivity contribution in [1.29, 1.82) is 0 Å². The molecule has 0 unspecified atom stereocenters. The summed E-state index contributed by atoms with van der Waals surface area (Å²) >= 11 is 12.0. The van der Waals surface area contributed by atoms with Crippen LogP contribution in [0.1, 0.15) is 25.3 Å². The quantitative estimate of drug-likeness (QED) is 0.868. The van der Waals surface area contributed by atoms with E-state index in [1.807, 2.05) is 0 Å². The Morgan fingerprint density at radius 3 is 2.50 bits per heavy atom. The third-order valence-corrected chi connectivity index (χ3v) is 6.12. The molecule has 1 aliphatic carbocycles. The van der Waals surface area contributed by atoms with Crippen molar-refractivity contribution in [3.05, 3.63) is 27.7 Å². The summed E-state index contributed by atoms with van der Waals surface area (Å²) in [5.74, 6) is 0.444. The lowest BCUT2D eigenvalue weighted by atomic mass is 10.2. The van der Waals surface area contributed by atoms with Crippen LogP contribution in [0.2, 0.25) is 10.0 Å². The first-order valence-corrected chi connectivity index (χ1v) is 8.68. The Morgan fingerprint density at radius 2 is 2.00 bits per heavy atom. The van der Waals surface area contributed by atoms with Crippen LogP contribution in [0.5, 0.6) is 0 Å². The first-order valence-electron chi connectivity index (χ1n) is 6.49. The maximum atomic E-state index is 12.7. The lowest BCUT2D eigenvalue weighted by molar-refractivity contribution is 0.281. The number of rotatable bonds is 6. The molecule has 0 radical (unpaired) electrons. The van der Waals surface area contributed by atoms with Gasteiger partial charge < -0.3 is 5.11 Å². The number of hydrogen-bond donors (Lipinski definition) is 1. The van der Waals surface area contributed by atoms with Crippen molar-refractivity contribution in [2.24, 2.45) is 5.92 Å². The molecule has 0 atom stereocenters. The first-order chi connectivity index (χ1) is 9.40. The smallest absolute Gasteiger partial charge is 0.244 e. The maximum absolute atomic E-state index is 12.7. The zero-order valence-corrected chi connectivity index (χ0v) is 13.5. The topological polar surface area (TPSA) is 57.6 Å². The standard InChI is InChI=1S/C13H17Cl2NO3S/c1-2-16(7-9-3-4-9)20(18,19)12-6-11(14)5-10(8-17)13(12)15/h5-6,9,17H,2-4,7-8H2,1H3. The zero-order valence-electron chi connectivity index (χ0n) is 11.1. The number of aliphatic hydroxyl groups excluding tert-OH is 1. The van der Waals surface area contributed by atoms with Gasteiger partial charge in [-0.05, 0) is 36.5 Å². The largest absolute Gasteiger partial charge is 0.392 e. The molecular weight excluding hydrogens is 321 g/mol. The molecule has 0 bridgehead atoms. The Labute approximate surface area is 129 Å². The van der Waals surface area contributed by atoms with Crippen LogP contribution < -0.4 is 0 Å². The molecule has 4 nitrogen and oxygen atoms in total. The summed E-state index contributed by atoms with van der Waals surface area (Å²) in [5.41, 5.74) is 0.320. The molecule has 20 heavy (non-hydrogen) atoms. The summed E-state index contributed by atoms with van der Waals surface area (Å²) in [5, 5.41) is 9.53. The minimum atomic E-state index is -3.69. The van der Waals surface area contributed by atoms with Crippen LogP contribution in [-0.4, -0.2) is 30.9 Å². The number of nitrogens with zero attached hydrogens (tertiary/aromatic N) is 1. The van der Waals surface area contributed by atoms with E-state index in [4.69, 9.17) is 23.2 Å². The Morgan fingerprint density at radius 1 is 1.35 bits per heavy atom. The van der Waals surface area contributed by atoms with Gasteiger partial charge in [0.1, 0.15) is 4.90 Å². The molecule has 112 valence electrons. The molecule has 1 aliphatic rings. The lowest BCUT2D eigenvalue weighted by Gasteiger charge is -2.21. The van der Waals surface area contributed by atoms with Crippen molar-refractivity contribution in [2.75, 3.05) is 13.1 Å². The van der Waals surface area contributed by atoms with Crippen molar-refractivity contribution in [3.8, 4) is 0 Å².